The van der Waals surface area contributed by atoms with Gasteiger partial charge >= 0.3 is 6.18 Å². The molecule has 0 aliphatic heterocycles. The minimum Gasteiger partial charge on any atom is -0.367 e. The van der Waals surface area contributed by atoms with Crippen LogP contribution in [0.15, 0.2) is 42.5 Å². The molecule has 0 fully saturated rings. The van der Waals surface area contributed by atoms with Crippen molar-refractivity contribution < 1.29 is 22.7 Å². The molecule has 3 N–H and O–H groups in total. The Balaban J connectivity index is 1.93. The molecule has 3 aromatic rings. The number of halogens is 5. The summed E-state index contributed by atoms with van der Waals surface area (Å²) < 4.78 is 43.9. The van der Waals surface area contributed by atoms with E-state index in [-0.39, 0.29) is 18.2 Å². The van der Waals surface area contributed by atoms with Crippen molar-refractivity contribution in [3.8, 4) is 28.8 Å². The maximum Gasteiger partial charge on any atom is 0.405 e. The fourth-order valence-corrected chi connectivity index (χ4v) is 3.84. The second kappa shape index (κ2) is 11.8. The van der Waals surface area contributed by atoms with Crippen LogP contribution in [0.5, 0.6) is 0 Å². The van der Waals surface area contributed by atoms with Gasteiger partial charge in [-0.1, -0.05) is 47.2 Å². The molecule has 0 radical (unpaired) electrons. The zero-order valence-electron chi connectivity index (χ0n) is 21.2. The molecule has 202 valence electrons. The Kier molecular flexibility index (Phi) is 9.16. The Morgan fingerprint density at radius 1 is 1.16 bits per heavy atom. The lowest BCUT2D eigenvalue weighted by Gasteiger charge is -2.19. The number of aromatic nitrogens is 2. The third kappa shape index (κ3) is 7.51. The lowest BCUT2D eigenvalue weighted by atomic mass is 10.0. The van der Waals surface area contributed by atoms with Crippen LogP contribution in [-0.2, 0) is 4.74 Å². The van der Waals surface area contributed by atoms with Crippen molar-refractivity contribution in [1.29, 1.82) is 0 Å². The van der Waals surface area contributed by atoms with Crippen LogP contribution in [0, 0.1) is 18.8 Å². The molecule has 0 saturated heterocycles. The Morgan fingerprint density at radius 2 is 1.82 bits per heavy atom. The second-order valence-electron chi connectivity index (χ2n) is 9.58. The van der Waals surface area contributed by atoms with Crippen molar-refractivity contribution >= 4 is 29.1 Å². The van der Waals surface area contributed by atoms with Gasteiger partial charge in [-0.25, -0.2) is 4.68 Å². The number of alkyl halides is 3. The summed E-state index contributed by atoms with van der Waals surface area (Å²) in [6, 6.07) is 10.1. The van der Waals surface area contributed by atoms with Crippen LogP contribution < -0.4 is 11.1 Å². The van der Waals surface area contributed by atoms with Gasteiger partial charge in [-0.3, -0.25) is 4.79 Å². The average Bonchev–Trinajstić information content (AvgIpc) is 3.14. The van der Waals surface area contributed by atoms with Gasteiger partial charge in [0.2, 0.25) is 0 Å². The standard InChI is InChI=1S/C27H27Cl2F3N4O2/c1-16-23(25(37)34-26(2,3)4)35-36(24(16)18-8-10-19(28)11-9-18)21-12-7-17(14-20(21)29)6-5-13-38-15-22(33)27(30,31)32/h7-12,14,22H,13,15,33H2,1-4H3,(H,34,37)/t22-/m0/s1. The maximum absolute atomic E-state index is 13.0. The summed E-state index contributed by atoms with van der Waals surface area (Å²) in [5.41, 5.74) is 7.91. The van der Waals surface area contributed by atoms with Gasteiger partial charge in [-0.05, 0) is 58.0 Å². The van der Waals surface area contributed by atoms with Crippen LogP contribution in [0.25, 0.3) is 16.9 Å². The molecule has 0 aliphatic carbocycles. The van der Waals surface area contributed by atoms with Crippen LogP contribution >= 0.6 is 23.2 Å². The number of carbonyl (C=O) groups is 1. The molecular weight excluding hydrogens is 540 g/mol. The molecule has 1 amide bonds. The predicted molar refractivity (Wildman–Crippen MR) is 143 cm³/mol. The summed E-state index contributed by atoms with van der Waals surface area (Å²) in [7, 11) is 0. The van der Waals surface area contributed by atoms with Gasteiger partial charge in [0.15, 0.2) is 5.69 Å². The van der Waals surface area contributed by atoms with Gasteiger partial charge in [0.05, 0.1) is 23.0 Å². The highest BCUT2D eigenvalue weighted by Crippen LogP contribution is 2.32. The van der Waals surface area contributed by atoms with E-state index in [1.165, 1.54) is 0 Å². The van der Waals surface area contributed by atoms with Crippen molar-refractivity contribution in [1.82, 2.24) is 15.1 Å². The first-order valence-electron chi connectivity index (χ1n) is 11.5. The van der Waals surface area contributed by atoms with Gasteiger partial charge < -0.3 is 15.8 Å². The number of amides is 1. The molecule has 11 heteroatoms. The first-order chi connectivity index (χ1) is 17.7. The second-order valence-corrected chi connectivity index (χ2v) is 10.4. The Hall–Kier alpha value is -3.03. The van der Waals surface area contributed by atoms with Crippen molar-refractivity contribution in [2.24, 2.45) is 5.73 Å². The van der Waals surface area contributed by atoms with Crippen molar-refractivity contribution in [3.05, 3.63) is 69.3 Å². The molecule has 0 unspecified atom stereocenters. The van der Waals surface area contributed by atoms with Crippen molar-refractivity contribution in [2.75, 3.05) is 13.2 Å². The first-order valence-corrected chi connectivity index (χ1v) is 12.3. The number of hydrogen-bond donors (Lipinski definition) is 2. The highest BCUT2D eigenvalue weighted by atomic mass is 35.5. The van der Waals surface area contributed by atoms with Crippen molar-refractivity contribution in [3.63, 3.8) is 0 Å². The molecule has 0 bridgehead atoms. The van der Waals surface area contributed by atoms with E-state index in [2.05, 4.69) is 22.3 Å². The summed E-state index contributed by atoms with van der Waals surface area (Å²) in [5.74, 6) is 5.12. The SMILES string of the molecule is Cc1c(C(=O)NC(C)(C)C)nn(-c2ccc(C#CCOC[C@H](N)C(F)(F)F)cc2Cl)c1-c1ccc(Cl)cc1. The third-order valence-electron chi connectivity index (χ3n) is 5.24. The number of nitrogens with two attached hydrogens (primary N) is 1. The van der Waals surface area contributed by atoms with Gasteiger partial charge in [-0.2, -0.15) is 18.3 Å². The number of ether oxygens (including phenoxy) is 1. The summed E-state index contributed by atoms with van der Waals surface area (Å²) in [4.78, 5) is 13.0. The molecule has 0 saturated carbocycles. The lowest BCUT2D eigenvalue weighted by Crippen LogP contribution is -2.41. The van der Waals surface area contributed by atoms with Crippen LogP contribution in [0.4, 0.5) is 13.2 Å². The zero-order chi connectivity index (χ0) is 28.3. The van der Waals surface area contributed by atoms with E-state index in [1.54, 1.807) is 35.0 Å². The van der Waals surface area contributed by atoms with E-state index < -0.39 is 24.4 Å². The summed E-state index contributed by atoms with van der Waals surface area (Å²) >= 11 is 12.7. The zero-order valence-corrected chi connectivity index (χ0v) is 22.7. The summed E-state index contributed by atoms with van der Waals surface area (Å²) in [6.45, 7) is 6.53. The quantitative estimate of drug-likeness (QED) is 0.286. The molecule has 1 heterocycles. The van der Waals surface area contributed by atoms with Gasteiger partial charge in [0.25, 0.3) is 5.91 Å². The lowest BCUT2D eigenvalue weighted by molar-refractivity contribution is -0.158. The monoisotopic (exact) mass is 566 g/mol. The highest BCUT2D eigenvalue weighted by molar-refractivity contribution is 6.32. The molecule has 0 aliphatic rings. The van der Waals surface area contributed by atoms with E-state index in [9.17, 15) is 18.0 Å². The number of rotatable bonds is 6. The maximum atomic E-state index is 13.0. The van der Waals surface area contributed by atoms with Crippen LogP contribution in [0.1, 0.15) is 42.4 Å². The fourth-order valence-electron chi connectivity index (χ4n) is 3.46. The predicted octanol–water partition coefficient (Wildman–Crippen LogP) is 5.94. The van der Waals surface area contributed by atoms with E-state index in [1.807, 2.05) is 39.8 Å². The number of carbonyl (C=O) groups excluding carboxylic acids is 1. The van der Waals surface area contributed by atoms with E-state index >= 15 is 0 Å². The minimum atomic E-state index is -4.53. The molecule has 6 nitrogen and oxygen atoms in total. The molecule has 1 atom stereocenters. The molecule has 2 aromatic carbocycles. The first kappa shape index (κ1) is 29.5. The topological polar surface area (TPSA) is 82.2 Å². The minimum absolute atomic E-state index is 0.228. The number of nitrogens with zero attached hydrogens (tertiary/aromatic N) is 2. The van der Waals surface area contributed by atoms with E-state index in [0.717, 1.165) is 5.56 Å². The number of nitrogens with one attached hydrogen (secondary N) is 1. The molecule has 38 heavy (non-hydrogen) atoms. The third-order valence-corrected chi connectivity index (χ3v) is 5.80. The molecular formula is C27H27Cl2F3N4O2. The number of benzene rings is 2. The molecule has 1 aromatic heterocycles. The summed E-state index contributed by atoms with van der Waals surface area (Å²) in [5, 5.41) is 8.40. The van der Waals surface area contributed by atoms with Gasteiger partial charge in [-0.15, -0.1) is 0 Å². The largest absolute Gasteiger partial charge is 0.405 e. The summed E-state index contributed by atoms with van der Waals surface area (Å²) in [6.07, 6.45) is -4.53. The normalized spacial score (nSPS) is 12.6. The van der Waals surface area contributed by atoms with Gasteiger partial charge in [0, 0.05) is 27.3 Å². The van der Waals surface area contributed by atoms with Crippen LogP contribution in [0.2, 0.25) is 10.0 Å². The van der Waals surface area contributed by atoms with Crippen LogP contribution in [-0.4, -0.2) is 46.7 Å². The van der Waals surface area contributed by atoms with Crippen LogP contribution in [0.3, 0.4) is 0 Å². The van der Waals surface area contributed by atoms with E-state index in [4.69, 9.17) is 33.7 Å². The Morgan fingerprint density at radius 3 is 2.39 bits per heavy atom. The van der Waals surface area contributed by atoms with E-state index in [0.29, 0.717) is 32.6 Å². The Bertz CT molecular complexity index is 1370. The highest BCUT2D eigenvalue weighted by Gasteiger charge is 2.36. The average molecular weight is 567 g/mol. The smallest absolute Gasteiger partial charge is 0.367 e. The number of hydrogen-bond acceptors (Lipinski definition) is 4. The molecule has 3 rings (SSSR count). The van der Waals surface area contributed by atoms with Crippen molar-refractivity contribution in [2.45, 2.75) is 45.5 Å². The fraction of sp³-hybridized carbons (Fsp3) is 0.333. The van der Waals surface area contributed by atoms with Gasteiger partial charge in [0.1, 0.15) is 12.6 Å². The Labute approximate surface area is 229 Å². The molecule has 0 spiro atoms.